The van der Waals surface area contributed by atoms with Crippen LogP contribution in [-0.2, 0) is 16.6 Å². The van der Waals surface area contributed by atoms with E-state index in [1.165, 1.54) is 0 Å². The summed E-state index contributed by atoms with van der Waals surface area (Å²) < 4.78 is 27.8. The molecule has 5 heteroatoms. The molecular formula is C15H26N2O2S. The Balaban J connectivity index is 3.06. The zero-order valence-electron chi connectivity index (χ0n) is 13.0. The Hall–Kier alpha value is -0.910. The van der Waals surface area contributed by atoms with E-state index in [-0.39, 0.29) is 0 Å². The van der Waals surface area contributed by atoms with Crippen LogP contribution in [0.4, 0.5) is 0 Å². The molecule has 0 aliphatic rings. The van der Waals surface area contributed by atoms with Gasteiger partial charge in [-0.2, -0.15) is 0 Å². The van der Waals surface area contributed by atoms with Crippen molar-refractivity contribution in [2.75, 3.05) is 0 Å². The van der Waals surface area contributed by atoms with Gasteiger partial charge in [0.25, 0.3) is 0 Å². The molecule has 2 N–H and O–H groups in total. The third-order valence-electron chi connectivity index (χ3n) is 3.26. The minimum atomic E-state index is -3.50. The van der Waals surface area contributed by atoms with Crippen LogP contribution >= 0.6 is 0 Å². The summed E-state index contributed by atoms with van der Waals surface area (Å²) in [4.78, 5) is 0.356. The number of nitrogens with one attached hydrogen (secondary N) is 2. The maximum atomic E-state index is 12.5. The van der Waals surface area contributed by atoms with Gasteiger partial charge in [0.15, 0.2) is 0 Å². The summed E-state index contributed by atoms with van der Waals surface area (Å²) >= 11 is 0. The van der Waals surface area contributed by atoms with Gasteiger partial charge in [0, 0.05) is 18.1 Å². The molecule has 20 heavy (non-hydrogen) atoms. The average molecular weight is 298 g/mol. The number of hydrogen-bond donors (Lipinski definition) is 2. The van der Waals surface area contributed by atoms with Gasteiger partial charge in [-0.15, -0.1) is 0 Å². The van der Waals surface area contributed by atoms with Crippen LogP contribution in [0.15, 0.2) is 29.2 Å². The Morgan fingerprint density at radius 1 is 1.20 bits per heavy atom. The Morgan fingerprint density at radius 3 is 2.35 bits per heavy atom. The first-order valence-electron chi connectivity index (χ1n) is 7.03. The van der Waals surface area contributed by atoms with Crippen LogP contribution < -0.4 is 10.0 Å². The first-order valence-corrected chi connectivity index (χ1v) is 8.51. The molecule has 0 saturated carbocycles. The fourth-order valence-electron chi connectivity index (χ4n) is 1.72. The van der Waals surface area contributed by atoms with Crippen molar-refractivity contribution < 1.29 is 8.42 Å². The van der Waals surface area contributed by atoms with Crippen molar-refractivity contribution in [1.82, 2.24) is 10.0 Å². The molecule has 1 aromatic carbocycles. The van der Waals surface area contributed by atoms with Gasteiger partial charge in [0.2, 0.25) is 10.0 Å². The first kappa shape index (κ1) is 17.1. The highest BCUT2D eigenvalue weighted by Gasteiger charge is 2.26. The second kappa shape index (κ2) is 6.70. The molecule has 1 aromatic rings. The molecular weight excluding hydrogens is 272 g/mol. The lowest BCUT2D eigenvalue weighted by molar-refractivity contribution is 0.439. The summed E-state index contributed by atoms with van der Waals surface area (Å²) in [5.41, 5.74) is 0.345. The van der Waals surface area contributed by atoms with Gasteiger partial charge < -0.3 is 5.32 Å². The Labute approximate surface area is 123 Å². The lowest BCUT2D eigenvalue weighted by Crippen LogP contribution is -2.43. The van der Waals surface area contributed by atoms with Crippen LogP contribution in [0.5, 0.6) is 0 Å². The summed E-state index contributed by atoms with van der Waals surface area (Å²) in [6.45, 7) is 10.4. The number of hydrogen-bond acceptors (Lipinski definition) is 3. The van der Waals surface area contributed by atoms with Crippen LogP contribution in [0.2, 0.25) is 0 Å². The highest BCUT2D eigenvalue weighted by molar-refractivity contribution is 7.89. The summed E-state index contributed by atoms with van der Waals surface area (Å²) in [5, 5.41) is 3.26. The van der Waals surface area contributed by atoms with Gasteiger partial charge in [-0.25, -0.2) is 13.1 Å². The van der Waals surface area contributed by atoms with Gasteiger partial charge in [-0.1, -0.05) is 39.0 Å². The standard InChI is InChI=1S/C15H26N2O2S/c1-6-15(4,5)17-20(18,19)14-10-8-7-9-13(14)11-16-12(2)3/h7-10,12,16-17H,6,11H2,1-5H3. The second-order valence-corrected chi connectivity index (χ2v) is 7.64. The molecule has 0 radical (unpaired) electrons. The van der Waals surface area contributed by atoms with E-state index < -0.39 is 15.6 Å². The zero-order chi connectivity index (χ0) is 15.4. The summed E-state index contributed by atoms with van der Waals surface area (Å²) in [6, 6.07) is 7.44. The molecule has 0 fully saturated rings. The van der Waals surface area contributed by atoms with Crippen LogP contribution in [0.3, 0.4) is 0 Å². The van der Waals surface area contributed by atoms with Crippen molar-refractivity contribution in [3.05, 3.63) is 29.8 Å². The predicted octanol–water partition coefficient (Wildman–Crippen LogP) is 2.65. The lowest BCUT2D eigenvalue weighted by Gasteiger charge is -2.25. The van der Waals surface area contributed by atoms with Gasteiger partial charge >= 0.3 is 0 Å². The number of benzene rings is 1. The number of rotatable bonds is 7. The fourth-order valence-corrected chi connectivity index (χ4v) is 3.44. The lowest BCUT2D eigenvalue weighted by atomic mass is 10.0. The molecule has 0 heterocycles. The summed E-state index contributed by atoms with van der Waals surface area (Å²) in [6.07, 6.45) is 0.735. The van der Waals surface area contributed by atoms with Crippen molar-refractivity contribution in [3.8, 4) is 0 Å². The molecule has 4 nitrogen and oxygen atoms in total. The van der Waals surface area contributed by atoms with Crippen LogP contribution in [0.1, 0.15) is 46.6 Å². The normalized spacial score (nSPS) is 12.9. The Bertz CT molecular complexity index is 537. The van der Waals surface area contributed by atoms with Crippen molar-refractivity contribution in [3.63, 3.8) is 0 Å². The molecule has 0 aliphatic heterocycles. The van der Waals surface area contributed by atoms with E-state index in [0.29, 0.717) is 17.5 Å². The average Bonchev–Trinajstić information content (AvgIpc) is 2.35. The van der Waals surface area contributed by atoms with Crippen LogP contribution in [0, 0.1) is 0 Å². The highest BCUT2D eigenvalue weighted by Crippen LogP contribution is 2.19. The predicted molar refractivity (Wildman–Crippen MR) is 83.1 cm³/mol. The summed E-state index contributed by atoms with van der Waals surface area (Å²) in [5.74, 6) is 0. The van der Waals surface area contributed by atoms with Crippen molar-refractivity contribution >= 4 is 10.0 Å². The van der Waals surface area contributed by atoms with E-state index in [1.54, 1.807) is 12.1 Å². The molecule has 0 bridgehead atoms. The third-order valence-corrected chi connectivity index (χ3v) is 5.06. The van der Waals surface area contributed by atoms with Crippen molar-refractivity contribution in [1.29, 1.82) is 0 Å². The molecule has 0 amide bonds. The first-order chi connectivity index (χ1) is 9.18. The van der Waals surface area contributed by atoms with E-state index in [9.17, 15) is 8.42 Å². The molecule has 0 atom stereocenters. The Kier molecular flexibility index (Phi) is 5.74. The molecule has 1 rings (SSSR count). The largest absolute Gasteiger partial charge is 0.310 e. The minimum absolute atomic E-state index is 0.311. The van der Waals surface area contributed by atoms with E-state index in [0.717, 1.165) is 12.0 Å². The monoisotopic (exact) mass is 298 g/mol. The molecule has 0 spiro atoms. The van der Waals surface area contributed by atoms with E-state index in [1.807, 2.05) is 46.8 Å². The molecule has 0 aliphatic carbocycles. The van der Waals surface area contributed by atoms with Gasteiger partial charge in [-0.05, 0) is 31.9 Å². The van der Waals surface area contributed by atoms with Gasteiger partial charge in [0.1, 0.15) is 0 Å². The minimum Gasteiger partial charge on any atom is -0.310 e. The molecule has 114 valence electrons. The van der Waals surface area contributed by atoms with Crippen LogP contribution in [0.25, 0.3) is 0 Å². The SMILES string of the molecule is CCC(C)(C)NS(=O)(=O)c1ccccc1CNC(C)C. The third kappa shape index (κ3) is 4.89. The Morgan fingerprint density at radius 2 is 1.80 bits per heavy atom. The van der Waals surface area contributed by atoms with Crippen molar-refractivity contribution in [2.24, 2.45) is 0 Å². The number of sulfonamides is 1. The molecule has 0 saturated heterocycles. The van der Waals surface area contributed by atoms with E-state index in [4.69, 9.17) is 0 Å². The smallest absolute Gasteiger partial charge is 0.241 e. The highest BCUT2D eigenvalue weighted by atomic mass is 32.2. The molecule has 0 unspecified atom stereocenters. The maximum Gasteiger partial charge on any atom is 0.241 e. The quantitative estimate of drug-likeness (QED) is 0.813. The van der Waals surface area contributed by atoms with Gasteiger partial charge in [0.05, 0.1) is 4.90 Å². The van der Waals surface area contributed by atoms with Crippen LogP contribution in [-0.4, -0.2) is 20.0 Å². The van der Waals surface area contributed by atoms with E-state index in [2.05, 4.69) is 10.0 Å². The van der Waals surface area contributed by atoms with Crippen molar-refractivity contribution in [2.45, 2.75) is 64.1 Å². The van der Waals surface area contributed by atoms with Gasteiger partial charge in [-0.3, -0.25) is 0 Å². The second-order valence-electron chi connectivity index (χ2n) is 5.99. The fraction of sp³-hybridized carbons (Fsp3) is 0.600. The summed E-state index contributed by atoms with van der Waals surface area (Å²) in [7, 11) is -3.50. The topological polar surface area (TPSA) is 58.2 Å². The maximum absolute atomic E-state index is 12.5. The molecule has 0 aromatic heterocycles. The zero-order valence-corrected chi connectivity index (χ0v) is 13.8. The van der Waals surface area contributed by atoms with E-state index >= 15 is 0 Å².